The number of hydrogen-bond donors (Lipinski definition) is 1. The molecule has 1 heterocycles. The number of aromatic nitrogens is 4. The molecule has 0 unspecified atom stereocenters. The van der Waals surface area contributed by atoms with Gasteiger partial charge in [-0.1, -0.05) is 43.2 Å². The molecule has 1 aromatic carbocycles. The number of ether oxygens (including phenoxy) is 1. The highest BCUT2D eigenvalue weighted by atomic mass is 16.5. The molecule has 1 amide bonds. The summed E-state index contributed by atoms with van der Waals surface area (Å²) in [6.45, 7) is -0.289. The van der Waals surface area contributed by atoms with Crippen molar-refractivity contribution in [1.82, 2.24) is 25.5 Å². The van der Waals surface area contributed by atoms with Crippen molar-refractivity contribution >= 4 is 11.9 Å². The van der Waals surface area contributed by atoms with E-state index in [1.165, 1.54) is 11.0 Å². The second-order valence-electron chi connectivity index (χ2n) is 6.15. The average Bonchev–Trinajstić information content (AvgIpc) is 3.32. The van der Waals surface area contributed by atoms with Crippen LogP contribution in [0.15, 0.2) is 36.7 Å². The van der Waals surface area contributed by atoms with Crippen molar-refractivity contribution in [1.29, 1.82) is 0 Å². The summed E-state index contributed by atoms with van der Waals surface area (Å²) in [6, 6.07) is 9.01. The highest BCUT2D eigenvalue weighted by Gasteiger charge is 2.25. The normalized spacial score (nSPS) is 15.7. The number of esters is 1. The molecular formula is C17H21N5O3. The van der Waals surface area contributed by atoms with Gasteiger partial charge in [0.05, 0.1) is 0 Å². The number of amides is 1. The molecule has 1 saturated carbocycles. The molecule has 132 valence electrons. The first-order chi connectivity index (χ1) is 12.2. The summed E-state index contributed by atoms with van der Waals surface area (Å²) in [5, 5.41) is 13.8. The Bertz CT molecular complexity index is 684. The Labute approximate surface area is 145 Å². The molecular weight excluding hydrogens is 322 g/mol. The highest BCUT2D eigenvalue weighted by Crippen LogP contribution is 2.18. The molecule has 8 heteroatoms. The zero-order chi connectivity index (χ0) is 17.5. The first kappa shape index (κ1) is 17.1. The van der Waals surface area contributed by atoms with Gasteiger partial charge >= 0.3 is 5.97 Å². The third-order valence-electron chi connectivity index (χ3n) is 4.29. The summed E-state index contributed by atoms with van der Waals surface area (Å²) in [6.07, 6.45) is 5.98. The monoisotopic (exact) mass is 343 g/mol. The van der Waals surface area contributed by atoms with E-state index in [0.717, 1.165) is 31.2 Å². The molecule has 0 saturated heterocycles. The molecule has 25 heavy (non-hydrogen) atoms. The molecule has 2 aromatic rings. The number of nitrogens with one attached hydrogen (secondary N) is 1. The van der Waals surface area contributed by atoms with Crippen molar-refractivity contribution in [3.63, 3.8) is 0 Å². The van der Waals surface area contributed by atoms with E-state index in [1.807, 2.05) is 30.3 Å². The summed E-state index contributed by atoms with van der Waals surface area (Å²) < 4.78 is 6.56. The number of tetrazole rings is 1. The smallest absolute Gasteiger partial charge is 0.331 e. The van der Waals surface area contributed by atoms with Crippen LogP contribution in [-0.4, -0.2) is 44.7 Å². The van der Waals surface area contributed by atoms with E-state index >= 15 is 0 Å². The van der Waals surface area contributed by atoms with Crippen LogP contribution in [0.3, 0.4) is 0 Å². The summed E-state index contributed by atoms with van der Waals surface area (Å²) >= 11 is 0. The lowest BCUT2D eigenvalue weighted by atomic mass is 10.1. The van der Waals surface area contributed by atoms with Gasteiger partial charge in [-0.2, -0.15) is 0 Å². The first-order valence-corrected chi connectivity index (χ1v) is 8.45. The zero-order valence-corrected chi connectivity index (χ0v) is 13.9. The lowest BCUT2D eigenvalue weighted by molar-refractivity contribution is -0.152. The van der Waals surface area contributed by atoms with E-state index in [2.05, 4.69) is 20.8 Å². The standard InChI is InChI=1S/C17H21N5O3/c23-16(19-14-8-4-5-9-14)11-25-17(24)15(22-12-18-20-21-22)10-13-6-2-1-3-7-13/h1-3,6-7,12,14-15H,4-5,8-11H2,(H,19,23)/t15-/m1/s1. The summed E-state index contributed by atoms with van der Waals surface area (Å²) in [7, 11) is 0. The minimum Gasteiger partial charge on any atom is -0.454 e. The number of rotatable bonds is 7. The molecule has 0 bridgehead atoms. The van der Waals surface area contributed by atoms with Crippen molar-refractivity contribution in [3.05, 3.63) is 42.2 Å². The van der Waals surface area contributed by atoms with Crippen LogP contribution in [0.1, 0.15) is 37.3 Å². The van der Waals surface area contributed by atoms with E-state index in [-0.39, 0.29) is 18.6 Å². The van der Waals surface area contributed by atoms with Gasteiger partial charge < -0.3 is 10.1 Å². The van der Waals surface area contributed by atoms with Crippen LogP contribution in [0.25, 0.3) is 0 Å². The summed E-state index contributed by atoms with van der Waals surface area (Å²) in [5.41, 5.74) is 0.954. The van der Waals surface area contributed by atoms with Gasteiger partial charge in [-0.3, -0.25) is 4.79 Å². The minimum atomic E-state index is -0.711. The third kappa shape index (κ3) is 4.85. The number of carbonyl (C=O) groups excluding carboxylic acids is 2. The van der Waals surface area contributed by atoms with Crippen LogP contribution in [0.4, 0.5) is 0 Å². The predicted molar refractivity (Wildman–Crippen MR) is 88.4 cm³/mol. The summed E-state index contributed by atoms with van der Waals surface area (Å²) in [4.78, 5) is 24.4. The number of carbonyl (C=O) groups is 2. The van der Waals surface area contributed by atoms with Gasteiger partial charge in [0.1, 0.15) is 6.33 Å². The molecule has 3 rings (SSSR count). The van der Waals surface area contributed by atoms with Crippen LogP contribution in [0, 0.1) is 0 Å². The van der Waals surface area contributed by atoms with Gasteiger partial charge in [-0.05, 0) is 28.8 Å². The quantitative estimate of drug-likeness (QED) is 0.755. The Morgan fingerprint density at radius 2 is 2.00 bits per heavy atom. The summed E-state index contributed by atoms with van der Waals surface area (Å²) in [5.74, 6) is -0.798. The second kappa shape index (κ2) is 8.36. The zero-order valence-electron chi connectivity index (χ0n) is 13.9. The molecule has 1 aliphatic carbocycles. The highest BCUT2D eigenvalue weighted by molar-refractivity contribution is 5.82. The molecule has 8 nitrogen and oxygen atoms in total. The SMILES string of the molecule is O=C(COC(=O)[C@@H](Cc1ccccc1)n1cnnn1)NC1CCCC1. The molecule has 0 radical (unpaired) electrons. The molecule has 1 N–H and O–H groups in total. The van der Waals surface area contributed by atoms with Crippen molar-refractivity contribution in [2.75, 3.05) is 6.61 Å². The van der Waals surface area contributed by atoms with Gasteiger partial charge in [0, 0.05) is 12.5 Å². The Hall–Kier alpha value is -2.77. The van der Waals surface area contributed by atoms with E-state index < -0.39 is 12.0 Å². The molecule has 0 spiro atoms. The van der Waals surface area contributed by atoms with Gasteiger partial charge in [-0.15, -0.1) is 5.10 Å². The van der Waals surface area contributed by atoms with Gasteiger partial charge in [0.15, 0.2) is 12.6 Å². The van der Waals surface area contributed by atoms with Crippen molar-refractivity contribution in [2.24, 2.45) is 0 Å². The molecule has 1 aliphatic rings. The van der Waals surface area contributed by atoms with Gasteiger partial charge in [0.2, 0.25) is 0 Å². The van der Waals surface area contributed by atoms with E-state index in [9.17, 15) is 9.59 Å². The van der Waals surface area contributed by atoms with Crippen molar-refractivity contribution in [3.8, 4) is 0 Å². The van der Waals surface area contributed by atoms with Crippen LogP contribution >= 0.6 is 0 Å². The fourth-order valence-electron chi connectivity index (χ4n) is 3.01. The first-order valence-electron chi connectivity index (χ1n) is 8.45. The Morgan fingerprint density at radius 1 is 1.24 bits per heavy atom. The Balaban J connectivity index is 1.58. The second-order valence-corrected chi connectivity index (χ2v) is 6.15. The van der Waals surface area contributed by atoms with E-state index in [0.29, 0.717) is 6.42 Å². The van der Waals surface area contributed by atoms with Crippen LogP contribution < -0.4 is 5.32 Å². The van der Waals surface area contributed by atoms with Crippen molar-refractivity contribution in [2.45, 2.75) is 44.2 Å². The molecule has 1 atom stereocenters. The molecule has 0 aliphatic heterocycles. The van der Waals surface area contributed by atoms with Crippen LogP contribution in [-0.2, 0) is 20.7 Å². The fraction of sp³-hybridized carbons (Fsp3) is 0.471. The maximum absolute atomic E-state index is 12.5. The maximum atomic E-state index is 12.5. The van der Waals surface area contributed by atoms with Crippen molar-refractivity contribution < 1.29 is 14.3 Å². The number of nitrogens with zero attached hydrogens (tertiary/aromatic N) is 4. The van der Waals surface area contributed by atoms with Gasteiger partial charge in [0.25, 0.3) is 5.91 Å². The van der Waals surface area contributed by atoms with Crippen LogP contribution in [0.2, 0.25) is 0 Å². The van der Waals surface area contributed by atoms with E-state index in [4.69, 9.17) is 4.74 Å². The van der Waals surface area contributed by atoms with Gasteiger partial charge in [-0.25, -0.2) is 9.48 Å². The third-order valence-corrected chi connectivity index (χ3v) is 4.29. The maximum Gasteiger partial charge on any atom is 0.331 e. The lowest BCUT2D eigenvalue weighted by Gasteiger charge is -2.16. The topological polar surface area (TPSA) is 99.0 Å². The largest absolute Gasteiger partial charge is 0.454 e. The molecule has 1 aromatic heterocycles. The van der Waals surface area contributed by atoms with Crippen LogP contribution in [0.5, 0.6) is 0 Å². The van der Waals surface area contributed by atoms with E-state index in [1.54, 1.807) is 0 Å². The number of benzene rings is 1. The lowest BCUT2D eigenvalue weighted by Crippen LogP contribution is -2.37. The Kier molecular flexibility index (Phi) is 5.71. The Morgan fingerprint density at radius 3 is 2.68 bits per heavy atom. The number of hydrogen-bond acceptors (Lipinski definition) is 6. The average molecular weight is 343 g/mol. The molecule has 1 fully saturated rings. The fourth-order valence-corrected chi connectivity index (χ4v) is 3.01. The predicted octanol–water partition coefficient (Wildman–Crippen LogP) is 1.06. The minimum absolute atomic E-state index is 0.200.